The van der Waals surface area contributed by atoms with Gasteiger partial charge in [-0.25, -0.2) is 0 Å². The highest BCUT2D eigenvalue weighted by molar-refractivity contribution is 7.12. The molecule has 1 aliphatic heterocycles. The zero-order valence-corrected chi connectivity index (χ0v) is 18.3. The molecule has 32 heavy (non-hydrogen) atoms. The minimum atomic E-state index is -4.41. The van der Waals surface area contributed by atoms with Crippen molar-refractivity contribution in [3.63, 3.8) is 0 Å². The van der Waals surface area contributed by atoms with Crippen LogP contribution in [0.2, 0.25) is 0 Å². The van der Waals surface area contributed by atoms with E-state index in [9.17, 15) is 27.6 Å². The summed E-state index contributed by atoms with van der Waals surface area (Å²) in [5.41, 5.74) is 0.0602. The zero-order chi connectivity index (χ0) is 23.1. The summed E-state index contributed by atoms with van der Waals surface area (Å²) in [6.07, 6.45) is -2.26. The van der Waals surface area contributed by atoms with E-state index in [-0.39, 0.29) is 35.5 Å². The molecule has 2 amide bonds. The number of benzene rings is 1. The van der Waals surface area contributed by atoms with Crippen LogP contribution in [0, 0.1) is 11.3 Å². The highest BCUT2D eigenvalue weighted by Crippen LogP contribution is 2.59. The quantitative estimate of drug-likeness (QED) is 0.662. The molecule has 170 valence electrons. The number of halogens is 3. The molecule has 1 unspecified atom stereocenters. The van der Waals surface area contributed by atoms with Gasteiger partial charge < -0.3 is 10.2 Å². The maximum Gasteiger partial charge on any atom is 0.416 e. The van der Waals surface area contributed by atoms with Gasteiger partial charge in [0.1, 0.15) is 0 Å². The fourth-order valence-electron chi connectivity index (χ4n) is 4.41. The first-order valence-electron chi connectivity index (χ1n) is 10.4. The van der Waals surface area contributed by atoms with E-state index < -0.39 is 11.7 Å². The summed E-state index contributed by atoms with van der Waals surface area (Å²) in [6, 6.07) is 6.58. The molecule has 1 saturated carbocycles. The van der Waals surface area contributed by atoms with E-state index in [0.717, 1.165) is 18.6 Å². The number of likely N-dealkylation sites (tertiary alicyclic amines) is 1. The fourth-order valence-corrected chi connectivity index (χ4v) is 5.20. The Labute approximate surface area is 187 Å². The first-order chi connectivity index (χ1) is 15.1. The number of alkyl halides is 3. The van der Waals surface area contributed by atoms with Gasteiger partial charge in [-0.15, -0.1) is 11.3 Å². The third-order valence-electron chi connectivity index (χ3n) is 6.47. The molecule has 1 spiro atoms. The molecule has 1 N–H and O–H groups in total. The number of carbonyl (C=O) groups excluding carboxylic acids is 3. The summed E-state index contributed by atoms with van der Waals surface area (Å²) in [5.74, 6) is -0.486. The van der Waals surface area contributed by atoms with E-state index in [0.29, 0.717) is 41.9 Å². The Balaban J connectivity index is 1.28. The molecule has 1 aliphatic carbocycles. The number of piperidine rings is 1. The van der Waals surface area contributed by atoms with Crippen LogP contribution < -0.4 is 5.32 Å². The molecule has 1 aromatic heterocycles. The summed E-state index contributed by atoms with van der Waals surface area (Å²) in [4.78, 5) is 39.1. The Kier molecular flexibility index (Phi) is 5.87. The van der Waals surface area contributed by atoms with Gasteiger partial charge in [0, 0.05) is 30.9 Å². The largest absolute Gasteiger partial charge is 0.416 e. The van der Waals surface area contributed by atoms with Crippen LogP contribution in [0.4, 0.5) is 13.2 Å². The van der Waals surface area contributed by atoms with Crippen LogP contribution in [-0.4, -0.2) is 35.6 Å². The Hall–Kier alpha value is -2.68. The van der Waals surface area contributed by atoms with Gasteiger partial charge in [-0.3, -0.25) is 14.4 Å². The number of thiophene rings is 1. The van der Waals surface area contributed by atoms with Gasteiger partial charge >= 0.3 is 6.18 Å². The summed E-state index contributed by atoms with van der Waals surface area (Å²) >= 11 is 1.26. The predicted octanol–water partition coefficient (Wildman–Crippen LogP) is 4.53. The van der Waals surface area contributed by atoms with Gasteiger partial charge in [0.25, 0.3) is 5.91 Å². The number of rotatable bonds is 5. The normalized spacial score (nSPS) is 19.6. The van der Waals surface area contributed by atoms with E-state index in [2.05, 4.69) is 5.32 Å². The molecule has 1 aromatic carbocycles. The number of nitrogens with one attached hydrogen (secondary N) is 1. The summed E-state index contributed by atoms with van der Waals surface area (Å²) in [6.45, 7) is 2.61. The Morgan fingerprint density at radius 2 is 1.91 bits per heavy atom. The molecular formula is C23H23F3N2O3S. The topological polar surface area (TPSA) is 66.5 Å². The van der Waals surface area contributed by atoms with Crippen LogP contribution in [-0.2, 0) is 17.5 Å². The molecule has 4 rings (SSSR count). The monoisotopic (exact) mass is 464 g/mol. The summed E-state index contributed by atoms with van der Waals surface area (Å²) in [5, 5.41) is 4.47. The first kappa shape index (κ1) is 22.5. The number of amides is 2. The maximum absolute atomic E-state index is 12.8. The average Bonchev–Trinajstić information content (AvgIpc) is 3.21. The minimum Gasteiger partial charge on any atom is -0.352 e. The summed E-state index contributed by atoms with van der Waals surface area (Å²) in [7, 11) is 0. The molecule has 2 fully saturated rings. The number of hydrogen-bond donors (Lipinski definition) is 1. The highest BCUT2D eigenvalue weighted by Gasteiger charge is 2.58. The SMILES string of the molecule is CC(=O)c1cc(C(=O)N2CCC3(CC2)CC3C(=O)NCc2cccc(C(F)(F)F)c2)cs1. The number of Topliss-reactive ketones (excluding diaryl/α,β-unsaturated/α-hetero) is 1. The van der Waals surface area contributed by atoms with Crippen molar-refractivity contribution in [2.75, 3.05) is 13.1 Å². The third-order valence-corrected chi connectivity index (χ3v) is 7.50. The van der Waals surface area contributed by atoms with E-state index in [1.807, 2.05) is 0 Å². The second-order valence-corrected chi connectivity index (χ2v) is 9.49. The second kappa shape index (κ2) is 8.35. The van der Waals surface area contributed by atoms with Crippen molar-refractivity contribution in [3.05, 3.63) is 57.3 Å². The summed E-state index contributed by atoms with van der Waals surface area (Å²) < 4.78 is 38.5. The van der Waals surface area contributed by atoms with Gasteiger partial charge in [-0.2, -0.15) is 13.2 Å². The third kappa shape index (κ3) is 4.57. The average molecular weight is 465 g/mol. The number of carbonyl (C=O) groups is 3. The lowest BCUT2D eigenvalue weighted by Gasteiger charge is -2.32. The number of hydrogen-bond acceptors (Lipinski definition) is 4. The molecule has 0 bridgehead atoms. The molecule has 2 heterocycles. The van der Waals surface area contributed by atoms with E-state index in [1.54, 1.807) is 22.4 Å². The molecule has 2 aliphatic rings. The number of ketones is 1. The van der Waals surface area contributed by atoms with Crippen molar-refractivity contribution >= 4 is 28.9 Å². The van der Waals surface area contributed by atoms with Crippen molar-refractivity contribution < 1.29 is 27.6 Å². The van der Waals surface area contributed by atoms with E-state index in [1.165, 1.54) is 24.3 Å². The van der Waals surface area contributed by atoms with Gasteiger partial charge in [0.05, 0.1) is 16.0 Å². The Morgan fingerprint density at radius 3 is 2.53 bits per heavy atom. The van der Waals surface area contributed by atoms with Gasteiger partial charge in [-0.1, -0.05) is 12.1 Å². The van der Waals surface area contributed by atoms with Gasteiger partial charge in [0.15, 0.2) is 5.78 Å². The smallest absolute Gasteiger partial charge is 0.352 e. The minimum absolute atomic E-state index is 0.0522. The van der Waals surface area contributed by atoms with Crippen molar-refractivity contribution in [3.8, 4) is 0 Å². The molecule has 5 nitrogen and oxygen atoms in total. The van der Waals surface area contributed by atoms with Crippen LogP contribution in [0.3, 0.4) is 0 Å². The molecule has 2 aromatic rings. The van der Waals surface area contributed by atoms with Gasteiger partial charge in [0.2, 0.25) is 5.91 Å². The Bertz CT molecular complexity index is 1050. The fraction of sp³-hybridized carbons (Fsp3) is 0.435. The van der Waals surface area contributed by atoms with E-state index >= 15 is 0 Å². The Morgan fingerprint density at radius 1 is 1.19 bits per heavy atom. The highest BCUT2D eigenvalue weighted by atomic mass is 32.1. The molecular weight excluding hydrogens is 441 g/mol. The van der Waals surface area contributed by atoms with Crippen LogP contribution >= 0.6 is 11.3 Å². The van der Waals surface area contributed by atoms with Crippen molar-refractivity contribution in [1.82, 2.24) is 10.2 Å². The van der Waals surface area contributed by atoms with Crippen LogP contribution in [0.1, 0.15) is 57.3 Å². The molecule has 9 heteroatoms. The predicted molar refractivity (Wildman–Crippen MR) is 113 cm³/mol. The lowest BCUT2D eigenvalue weighted by Crippen LogP contribution is -2.40. The number of nitrogens with zero attached hydrogens (tertiary/aromatic N) is 1. The molecule has 1 saturated heterocycles. The molecule has 0 radical (unpaired) electrons. The second-order valence-electron chi connectivity index (χ2n) is 8.58. The van der Waals surface area contributed by atoms with E-state index in [4.69, 9.17) is 0 Å². The lowest BCUT2D eigenvalue weighted by atomic mass is 9.90. The first-order valence-corrected chi connectivity index (χ1v) is 11.3. The standard InChI is InChI=1S/C23H23F3N2O3S/c1-14(29)19-10-16(13-32-19)21(31)28-7-5-22(6-8-28)11-18(22)20(30)27-12-15-3-2-4-17(9-15)23(24,25)26/h2-4,9-10,13,18H,5-8,11-12H2,1H3,(H,27,30). The van der Waals surface area contributed by atoms with Gasteiger partial charge in [-0.05, 0) is 55.4 Å². The van der Waals surface area contributed by atoms with Crippen molar-refractivity contribution in [2.24, 2.45) is 11.3 Å². The maximum atomic E-state index is 12.8. The molecule has 1 atom stereocenters. The van der Waals surface area contributed by atoms with Crippen LogP contribution in [0.25, 0.3) is 0 Å². The lowest BCUT2D eigenvalue weighted by molar-refractivity contribution is -0.137. The van der Waals surface area contributed by atoms with Crippen molar-refractivity contribution in [2.45, 2.75) is 38.9 Å². The van der Waals surface area contributed by atoms with Crippen LogP contribution in [0.15, 0.2) is 35.7 Å². The van der Waals surface area contributed by atoms with Crippen molar-refractivity contribution in [1.29, 1.82) is 0 Å². The zero-order valence-electron chi connectivity index (χ0n) is 17.5. The van der Waals surface area contributed by atoms with Crippen LogP contribution in [0.5, 0.6) is 0 Å².